The summed E-state index contributed by atoms with van der Waals surface area (Å²) in [5.74, 6) is 0.501. The van der Waals surface area contributed by atoms with Gasteiger partial charge >= 0.3 is 0 Å². The summed E-state index contributed by atoms with van der Waals surface area (Å²) in [5, 5.41) is 14.2. The molecule has 1 amide bonds. The number of hydrogen-bond acceptors (Lipinski definition) is 6. The third-order valence-electron chi connectivity index (χ3n) is 2.89. The molecular formula is C15H19FN4OS2. The lowest BCUT2D eigenvalue weighted by Crippen LogP contribution is -2.26. The molecule has 124 valence electrons. The van der Waals surface area contributed by atoms with Gasteiger partial charge in [0, 0.05) is 6.54 Å². The number of anilines is 2. The quantitative estimate of drug-likeness (QED) is 0.708. The van der Waals surface area contributed by atoms with Crippen LogP contribution in [0.2, 0.25) is 0 Å². The lowest BCUT2D eigenvalue weighted by atomic mass is 10.1. The zero-order valence-electron chi connectivity index (χ0n) is 13.0. The molecule has 0 spiro atoms. The molecule has 0 aliphatic carbocycles. The zero-order chi connectivity index (χ0) is 16.7. The van der Waals surface area contributed by atoms with Crippen molar-refractivity contribution in [2.45, 2.75) is 24.6 Å². The number of rotatable bonds is 8. The van der Waals surface area contributed by atoms with Crippen molar-refractivity contribution in [3.05, 3.63) is 30.1 Å². The first-order chi connectivity index (χ1) is 11.0. The van der Waals surface area contributed by atoms with E-state index in [1.807, 2.05) is 0 Å². The van der Waals surface area contributed by atoms with Crippen molar-refractivity contribution in [3.63, 3.8) is 0 Å². The molecule has 0 aliphatic rings. The number of thioether (sulfide) groups is 1. The summed E-state index contributed by atoms with van der Waals surface area (Å²) in [7, 11) is 0. The van der Waals surface area contributed by atoms with Gasteiger partial charge in [0.1, 0.15) is 5.82 Å². The minimum Gasteiger partial charge on any atom is -0.355 e. The van der Waals surface area contributed by atoms with Crippen molar-refractivity contribution < 1.29 is 9.18 Å². The van der Waals surface area contributed by atoms with Crippen LogP contribution < -0.4 is 10.6 Å². The molecule has 0 fully saturated rings. The molecule has 1 aromatic carbocycles. The molecule has 0 unspecified atom stereocenters. The lowest BCUT2D eigenvalue weighted by Gasteiger charge is -2.05. The van der Waals surface area contributed by atoms with Gasteiger partial charge in [0.2, 0.25) is 11.0 Å². The highest BCUT2D eigenvalue weighted by Gasteiger charge is 2.09. The van der Waals surface area contributed by atoms with Gasteiger partial charge in [-0.25, -0.2) is 4.39 Å². The molecule has 0 bridgehead atoms. The molecule has 0 saturated carbocycles. The number of para-hydroxylation sites is 1. The van der Waals surface area contributed by atoms with E-state index in [1.54, 1.807) is 18.2 Å². The van der Waals surface area contributed by atoms with E-state index in [4.69, 9.17) is 0 Å². The van der Waals surface area contributed by atoms with E-state index >= 15 is 0 Å². The molecule has 8 heteroatoms. The average molecular weight is 354 g/mol. The highest BCUT2D eigenvalue weighted by molar-refractivity contribution is 8.01. The van der Waals surface area contributed by atoms with E-state index in [9.17, 15) is 9.18 Å². The van der Waals surface area contributed by atoms with Crippen molar-refractivity contribution >= 4 is 39.8 Å². The Hall–Kier alpha value is -1.67. The Labute approximate surface area is 143 Å². The summed E-state index contributed by atoms with van der Waals surface area (Å²) in [6.45, 7) is 4.92. The maximum atomic E-state index is 13.5. The van der Waals surface area contributed by atoms with Crippen LogP contribution in [0.15, 0.2) is 28.6 Å². The second-order valence-electron chi connectivity index (χ2n) is 5.30. The van der Waals surface area contributed by atoms with Crippen molar-refractivity contribution in [1.29, 1.82) is 0 Å². The van der Waals surface area contributed by atoms with Crippen LogP contribution in [0.5, 0.6) is 0 Å². The molecule has 2 N–H and O–H groups in total. The van der Waals surface area contributed by atoms with Crippen LogP contribution >= 0.6 is 23.1 Å². The molecule has 2 aromatic rings. The predicted molar refractivity (Wildman–Crippen MR) is 92.8 cm³/mol. The summed E-state index contributed by atoms with van der Waals surface area (Å²) in [4.78, 5) is 11.7. The standard InChI is InChI=1S/C15H19FN4OS2/c1-10(2)7-8-17-13(21)9-22-15-20-19-14(23-15)18-12-6-4-3-5-11(12)16/h3-6,10H,7-9H2,1-2H3,(H,17,21)(H,18,19). The van der Waals surface area contributed by atoms with E-state index in [2.05, 4.69) is 34.7 Å². The molecule has 23 heavy (non-hydrogen) atoms. The van der Waals surface area contributed by atoms with Gasteiger partial charge in [0.05, 0.1) is 11.4 Å². The molecule has 0 radical (unpaired) electrons. The fourth-order valence-electron chi connectivity index (χ4n) is 1.67. The Bertz CT molecular complexity index is 648. The SMILES string of the molecule is CC(C)CCNC(=O)CSc1nnc(Nc2ccccc2F)s1. The van der Waals surface area contributed by atoms with E-state index in [0.29, 0.717) is 33.4 Å². The lowest BCUT2D eigenvalue weighted by molar-refractivity contribution is -0.118. The van der Waals surface area contributed by atoms with Gasteiger partial charge in [-0.1, -0.05) is 49.1 Å². The molecule has 1 aromatic heterocycles. The molecule has 0 saturated heterocycles. The van der Waals surface area contributed by atoms with Crippen molar-refractivity contribution in [2.75, 3.05) is 17.6 Å². The second kappa shape index (κ2) is 8.83. The predicted octanol–water partition coefficient (Wildman–Crippen LogP) is 3.68. The molecule has 2 rings (SSSR count). The van der Waals surface area contributed by atoms with Crippen LogP contribution in [-0.4, -0.2) is 28.4 Å². The molecule has 0 atom stereocenters. The molecule has 0 aliphatic heterocycles. The highest BCUT2D eigenvalue weighted by atomic mass is 32.2. The average Bonchev–Trinajstić information content (AvgIpc) is 2.95. The number of amides is 1. The van der Waals surface area contributed by atoms with Gasteiger partial charge in [-0.3, -0.25) is 4.79 Å². The minimum atomic E-state index is -0.346. The second-order valence-corrected chi connectivity index (χ2v) is 7.50. The summed E-state index contributed by atoms with van der Waals surface area (Å²) in [5.41, 5.74) is 0.353. The van der Waals surface area contributed by atoms with E-state index in [-0.39, 0.29) is 11.7 Å². The van der Waals surface area contributed by atoms with Crippen LogP contribution in [0.3, 0.4) is 0 Å². The number of carbonyl (C=O) groups is 1. The topological polar surface area (TPSA) is 66.9 Å². The number of nitrogens with zero attached hydrogens (tertiary/aromatic N) is 2. The minimum absolute atomic E-state index is 0.0190. The Morgan fingerprint density at radius 3 is 2.87 bits per heavy atom. The summed E-state index contributed by atoms with van der Waals surface area (Å²) in [6, 6.07) is 6.37. The monoisotopic (exact) mass is 354 g/mol. The summed E-state index contributed by atoms with van der Waals surface area (Å²) >= 11 is 2.61. The number of aromatic nitrogens is 2. The van der Waals surface area contributed by atoms with Crippen LogP contribution in [0, 0.1) is 11.7 Å². The van der Waals surface area contributed by atoms with Crippen LogP contribution in [0.25, 0.3) is 0 Å². The van der Waals surface area contributed by atoms with Crippen molar-refractivity contribution in [2.24, 2.45) is 5.92 Å². The Kier molecular flexibility index (Phi) is 6.79. The summed E-state index contributed by atoms with van der Waals surface area (Å²) < 4.78 is 14.2. The van der Waals surface area contributed by atoms with Crippen molar-refractivity contribution in [1.82, 2.24) is 15.5 Å². The van der Waals surface area contributed by atoms with Crippen molar-refractivity contribution in [3.8, 4) is 0 Å². The van der Waals surface area contributed by atoms with Gasteiger partial charge in [-0.05, 0) is 24.5 Å². The maximum Gasteiger partial charge on any atom is 0.230 e. The first-order valence-electron chi connectivity index (χ1n) is 7.29. The zero-order valence-corrected chi connectivity index (χ0v) is 14.6. The Morgan fingerprint density at radius 1 is 1.35 bits per heavy atom. The van der Waals surface area contributed by atoms with Crippen LogP contribution in [0.1, 0.15) is 20.3 Å². The van der Waals surface area contributed by atoms with Gasteiger partial charge in [-0.15, -0.1) is 10.2 Å². The summed E-state index contributed by atoms with van der Waals surface area (Å²) in [6.07, 6.45) is 0.964. The first kappa shape index (κ1) is 17.7. The normalized spacial score (nSPS) is 10.8. The first-order valence-corrected chi connectivity index (χ1v) is 9.09. The largest absolute Gasteiger partial charge is 0.355 e. The third kappa shape index (κ3) is 6.15. The van der Waals surface area contributed by atoms with Gasteiger partial charge in [0.15, 0.2) is 4.34 Å². The van der Waals surface area contributed by atoms with E-state index in [1.165, 1.54) is 29.2 Å². The van der Waals surface area contributed by atoms with Gasteiger partial charge in [0.25, 0.3) is 0 Å². The Morgan fingerprint density at radius 2 is 2.13 bits per heavy atom. The fourth-order valence-corrected chi connectivity index (χ4v) is 3.27. The van der Waals surface area contributed by atoms with Gasteiger partial charge < -0.3 is 10.6 Å². The Balaban J connectivity index is 1.79. The van der Waals surface area contributed by atoms with Gasteiger partial charge in [-0.2, -0.15) is 0 Å². The number of nitrogens with one attached hydrogen (secondary N) is 2. The molecular weight excluding hydrogens is 335 g/mol. The third-order valence-corrected chi connectivity index (χ3v) is 4.86. The van der Waals surface area contributed by atoms with E-state index < -0.39 is 0 Å². The number of halogens is 1. The fraction of sp³-hybridized carbons (Fsp3) is 0.400. The molecule has 5 nitrogen and oxygen atoms in total. The highest BCUT2D eigenvalue weighted by Crippen LogP contribution is 2.28. The van der Waals surface area contributed by atoms with E-state index in [0.717, 1.165) is 6.42 Å². The number of benzene rings is 1. The number of hydrogen-bond donors (Lipinski definition) is 2. The maximum absolute atomic E-state index is 13.5. The smallest absolute Gasteiger partial charge is 0.230 e. The number of carbonyl (C=O) groups excluding carboxylic acids is 1. The van der Waals surface area contributed by atoms with Crippen LogP contribution in [-0.2, 0) is 4.79 Å². The van der Waals surface area contributed by atoms with Crippen LogP contribution in [0.4, 0.5) is 15.2 Å². The molecule has 1 heterocycles.